The molecule has 1 nitrogen and oxygen atoms in total. The number of nitrogens with one attached hydrogen (secondary N) is 1. The molecule has 0 amide bonds. The molecule has 0 saturated heterocycles. The highest BCUT2D eigenvalue weighted by Crippen LogP contribution is 2.43. The van der Waals surface area contributed by atoms with Crippen molar-refractivity contribution in [2.24, 2.45) is 11.3 Å². The van der Waals surface area contributed by atoms with Crippen LogP contribution in [0.1, 0.15) is 58.1 Å². The third-order valence-electron chi connectivity index (χ3n) is 4.69. The van der Waals surface area contributed by atoms with Gasteiger partial charge in [-0.2, -0.15) is 0 Å². The van der Waals surface area contributed by atoms with E-state index in [-0.39, 0.29) is 0 Å². The Morgan fingerprint density at radius 3 is 2.28 bits per heavy atom. The van der Waals surface area contributed by atoms with E-state index in [0.717, 1.165) is 0 Å². The summed E-state index contributed by atoms with van der Waals surface area (Å²) in [6, 6.07) is 11.4. The Kier molecular flexibility index (Phi) is 4.45. The quantitative estimate of drug-likeness (QED) is 0.775. The normalized spacial score (nSPS) is 19.6. The second kappa shape index (κ2) is 5.88. The number of hydrogen-bond acceptors (Lipinski definition) is 1. The summed E-state index contributed by atoms with van der Waals surface area (Å²) in [4.78, 5) is 0. The van der Waals surface area contributed by atoms with E-state index in [9.17, 15) is 0 Å². The predicted molar refractivity (Wildman–Crippen MR) is 78.6 cm³/mol. The SMILES string of the molecule is CCC1(CNC(c2ccccc2)C(C)C)CCC1. The lowest BCUT2D eigenvalue weighted by Crippen LogP contribution is -2.41. The summed E-state index contributed by atoms with van der Waals surface area (Å²) in [5, 5.41) is 3.83. The van der Waals surface area contributed by atoms with Crippen LogP contribution in [0.4, 0.5) is 0 Å². The molecule has 18 heavy (non-hydrogen) atoms. The smallest absolute Gasteiger partial charge is 0.0343 e. The summed E-state index contributed by atoms with van der Waals surface area (Å²) in [7, 11) is 0. The van der Waals surface area contributed by atoms with Crippen molar-refractivity contribution in [1.82, 2.24) is 5.32 Å². The topological polar surface area (TPSA) is 12.0 Å². The molecule has 0 bridgehead atoms. The van der Waals surface area contributed by atoms with Crippen molar-refractivity contribution < 1.29 is 0 Å². The molecule has 1 aromatic rings. The molecule has 1 saturated carbocycles. The highest BCUT2D eigenvalue weighted by Gasteiger charge is 2.35. The van der Waals surface area contributed by atoms with E-state index in [2.05, 4.69) is 56.4 Å². The highest BCUT2D eigenvalue weighted by molar-refractivity contribution is 5.19. The molecule has 0 heterocycles. The summed E-state index contributed by atoms with van der Waals surface area (Å²) in [5.41, 5.74) is 2.03. The van der Waals surface area contributed by atoms with Crippen molar-refractivity contribution >= 4 is 0 Å². The molecule has 0 aromatic heterocycles. The van der Waals surface area contributed by atoms with Crippen molar-refractivity contribution in [2.45, 2.75) is 52.5 Å². The molecular formula is C17H27N. The maximum atomic E-state index is 3.83. The van der Waals surface area contributed by atoms with Gasteiger partial charge in [-0.1, -0.05) is 57.5 Å². The van der Waals surface area contributed by atoms with Gasteiger partial charge in [0, 0.05) is 12.6 Å². The van der Waals surface area contributed by atoms with Crippen LogP contribution in [0.25, 0.3) is 0 Å². The molecule has 0 radical (unpaired) electrons. The Morgan fingerprint density at radius 2 is 1.83 bits per heavy atom. The van der Waals surface area contributed by atoms with E-state index in [1.165, 1.54) is 37.8 Å². The molecule has 1 aliphatic carbocycles. The van der Waals surface area contributed by atoms with Crippen molar-refractivity contribution in [3.05, 3.63) is 35.9 Å². The van der Waals surface area contributed by atoms with Crippen LogP contribution in [-0.4, -0.2) is 6.54 Å². The number of rotatable bonds is 6. The van der Waals surface area contributed by atoms with Crippen LogP contribution in [0.15, 0.2) is 30.3 Å². The third kappa shape index (κ3) is 2.95. The van der Waals surface area contributed by atoms with Crippen molar-refractivity contribution in [2.75, 3.05) is 6.54 Å². The molecule has 2 rings (SSSR count). The minimum Gasteiger partial charge on any atom is -0.309 e. The lowest BCUT2D eigenvalue weighted by atomic mass is 9.67. The van der Waals surface area contributed by atoms with E-state index in [1.807, 2.05) is 0 Å². The summed E-state index contributed by atoms with van der Waals surface area (Å²) < 4.78 is 0. The zero-order valence-electron chi connectivity index (χ0n) is 12.1. The van der Waals surface area contributed by atoms with Crippen LogP contribution in [0, 0.1) is 11.3 Å². The Balaban J connectivity index is 1.99. The van der Waals surface area contributed by atoms with Gasteiger partial charge in [0.15, 0.2) is 0 Å². The third-order valence-corrected chi connectivity index (χ3v) is 4.69. The maximum Gasteiger partial charge on any atom is 0.0343 e. The zero-order chi connectivity index (χ0) is 13.0. The fourth-order valence-electron chi connectivity index (χ4n) is 3.06. The molecule has 1 N–H and O–H groups in total. The standard InChI is InChI=1S/C17H27N/c1-4-17(11-8-12-17)13-18-16(14(2)3)15-9-6-5-7-10-15/h5-7,9-10,14,16,18H,4,8,11-13H2,1-3H3. The summed E-state index contributed by atoms with van der Waals surface area (Å²) in [5.74, 6) is 0.640. The predicted octanol–water partition coefficient (Wildman–Crippen LogP) is 4.55. The van der Waals surface area contributed by atoms with Gasteiger partial charge < -0.3 is 5.32 Å². The molecule has 1 heteroatoms. The lowest BCUT2D eigenvalue weighted by molar-refractivity contribution is 0.115. The monoisotopic (exact) mass is 245 g/mol. The molecule has 100 valence electrons. The summed E-state index contributed by atoms with van der Waals surface area (Å²) in [6.45, 7) is 8.14. The van der Waals surface area contributed by atoms with Crippen molar-refractivity contribution in [1.29, 1.82) is 0 Å². The van der Waals surface area contributed by atoms with Crippen LogP contribution >= 0.6 is 0 Å². The van der Waals surface area contributed by atoms with E-state index in [1.54, 1.807) is 0 Å². The van der Waals surface area contributed by atoms with Crippen LogP contribution in [0.3, 0.4) is 0 Å². The molecule has 1 aromatic carbocycles. The van der Waals surface area contributed by atoms with Gasteiger partial charge in [0.05, 0.1) is 0 Å². The van der Waals surface area contributed by atoms with E-state index in [4.69, 9.17) is 0 Å². The average Bonchev–Trinajstić information content (AvgIpc) is 2.33. The Hall–Kier alpha value is -0.820. The number of hydrogen-bond donors (Lipinski definition) is 1. The first-order chi connectivity index (χ1) is 8.67. The number of benzene rings is 1. The first-order valence-electron chi connectivity index (χ1n) is 7.45. The van der Waals surface area contributed by atoms with Crippen molar-refractivity contribution in [3.8, 4) is 0 Å². The molecular weight excluding hydrogens is 218 g/mol. The Morgan fingerprint density at radius 1 is 1.17 bits per heavy atom. The van der Waals surface area contributed by atoms with Crippen LogP contribution in [-0.2, 0) is 0 Å². The zero-order valence-corrected chi connectivity index (χ0v) is 12.1. The van der Waals surface area contributed by atoms with Crippen LogP contribution in [0.5, 0.6) is 0 Å². The lowest BCUT2D eigenvalue weighted by Gasteiger charge is -2.43. The molecule has 0 aliphatic heterocycles. The Labute approximate surface area is 112 Å². The second-order valence-corrected chi connectivity index (χ2v) is 6.22. The molecule has 1 aliphatic rings. The van der Waals surface area contributed by atoms with Crippen LogP contribution < -0.4 is 5.32 Å². The summed E-state index contributed by atoms with van der Waals surface area (Å²) in [6.07, 6.45) is 5.57. The van der Waals surface area contributed by atoms with Gasteiger partial charge in [-0.3, -0.25) is 0 Å². The van der Waals surface area contributed by atoms with Gasteiger partial charge in [-0.15, -0.1) is 0 Å². The highest BCUT2D eigenvalue weighted by atomic mass is 14.9. The van der Waals surface area contributed by atoms with Crippen molar-refractivity contribution in [3.63, 3.8) is 0 Å². The maximum absolute atomic E-state index is 3.83. The molecule has 0 spiro atoms. The van der Waals surface area contributed by atoms with Gasteiger partial charge in [-0.05, 0) is 36.2 Å². The van der Waals surface area contributed by atoms with Gasteiger partial charge in [0.1, 0.15) is 0 Å². The second-order valence-electron chi connectivity index (χ2n) is 6.22. The minimum absolute atomic E-state index is 0.496. The van der Waals surface area contributed by atoms with E-state index < -0.39 is 0 Å². The van der Waals surface area contributed by atoms with E-state index >= 15 is 0 Å². The molecule has 1 atom stereocenters. The average molecular weight is 245 g/mol. The first-order valence-corrected chi connectivity index (χ1v) is 7.45. The van der Waals surface area contributed by atoms with Gasteiger partial charge in [0.2, 0.25) is 0 Å². The Bertz CT molecular complexity index is 346. The largest absolute Gasteiger partial charge is 0.309 e. The van der Waals surface area contributed by atoms with Gasteiger partial charge in [0.25, 0.3) is 0 Å². The molecule has 1 fully saturated rings. The van der Waals surface area contributed by atoms with Gasteiger partial charge >= 0.3 is 0 Å². The molecule has 1 unspecified atom stereocenters. The fraction of sp³-hybridized carbons (Fsp3) is 0.647. The first kappa shape index (κ1) is 13.6. The fourth-order valence-corrected chi connectivity index (χ4v) is 3.06. The summed E-state index contributed by atoms with van der Waals surface area (Å²) >= 11 is 0. The van der Waals surface area contributed by atoms with Gasteiger partial charge in [-0.25, -0.2) is 0 Å². The van der Waals surface area contributed by atoms with Crippen LogP contribution in [0.2, 0.25) is 0 Å². The van der Waals surface area contributed by atoms with E-state index in [0.29, 0.717) is 17.4 Å². The minimum atomic E-state index is 0.496.